The predicted molar refractivity (Wildman–Crippen MR) is 46.8 cm³/mol. The second kappa shape index (κ2) is 3.24. The third-order valence-electron chi connectivity index (χ3n) is 2.18. The standard InChI is InChI=1S/C10H12O3/c1-7-6-12-9-3-2-8(5-11)4-10(9)13-7/h2-3,5,7-8H,4,6H2,1H3. The van der Waals surface area contributed by atoms with Crippen LogP contribution in [-0.4, -0.2) is 19.0 Å². The highest BCUT2D eigenvalue weighted by atomic mass is 16.6. The Labute approximate surface area is 77.0 Å². The van der Waals surface area contributed by atoms with Gasteiger partial charge in [0.05, 0.1) is 0 Å². The lowest BCUT2D eigenvalue weighted by Gasteiger charge is -2.28. The molecule has 2 rings (SSSR count). The fourth-order valence-corrected chi connectivity index (χ4v) is 1.50. The molecule has 0 amide bonds. The molecule has 13 heavy (non-hydrogen) atoms. The molecule has 3 nitrogen and oxygen atoms in total. The van der Waals surface area contributed by atoms with Crippen LogP contribution >= 0.6 is 0 Å². The molecule has 0 aromatic heterocycles. The molecule has 0 saturated heterocycles. The fraction of sp³-hybridized carbons (Fsp3) is 0.500. The number of carbonyl (C=O) groups excluding carboxylic acids is 1. The second-order valence-electron chi connectivity index (χ2n) is 3.39. The number of carbonyl (C=O) groups is 1. The van der Waals surface area contributed by atoms with Crippen molar-refractivity contribution in [2.24, 2.45) is 5.92 Å². The molecule has 1 aliphatic heterocycles. The van der Waals surface area contributed by atoms with Crippen molar-refractivity contribution < 1.29 is 14.3 Å². The number of hydrogen-bond donors (Lipinski definition) is 0. The summed E-state index contributed by atoms with van der Waals surface area (Å²) in [5, 5.41) is 0. The van der Waals surface area contributed by atoms with Gasteiger partial charge in [-0.1, -0.05) is 6.08 Å². The Morgan fingerprint density at radius 1 is 1.62 bits per heavy atom. The minimum Gasteiger partial charge on any atom is -0.488 e. The average Bonchev–Trinajstić information content (AvgIpc) is 2.16. The van der Waals surface area contributed by atoms with E-state index in [1.165, 1.54) is 0 Å². The maximum absolute atomic E-state index is 10.5. The molecule has 0 bridgehead atoms. The van der Waals surface area contributed by atoms with Crippen molar-refractivity contribution in [2.45, 2.75) is 19.4 Å². The van der Waals surface area contributed by atoms with Crippen molar-refractivity contribution in [2.75, 3.05) is 6.61 Å². The van der Waals surface area contributed by atoms with Gasteiger partial charge in [0.2, 0.25) is 0 Å². The Morgan fingerprint density at radius 3 is 3.23 bits per heavy atom. The van der Waals surface area contributed by atoms with Gasteiger partial charge in [0.25, 0.3) is 0 Å². The highest BCUT2D eigenvalue weighted by molar-refractivity contribution is 5.58. The number of rotatable bonds is 1. The highest BCUT2D eigenvalue weighted by Gasteiger charge is 2.24. The molecule has 2 atom stereocenters. The Balaban J connectivity index is 2.16. The van der Waals surface area contributed by atoms with E-state index in [1.54, 1.807) is 0 Å². The molecule has 1 heterocycles. The first-order valence-electron chi connectivity index (χ1n) is 4.45. The van der Waals surface area contributed by atoms with E-state index >= 15 is 0 Å². The van der Waals surface area contributed by atoms with Crippen molar-refractivity contribution in [3.8, 4) is 0 Å². The van der Waals surface area contributed by atoms with Crippen LogP contribution in [0.5, 0.6) is 0 Å². The van der Waals surface area contributed by atoms with Crippen molar-refractivity contribution >= 4 is 6.29 Å². The van der Waals surface area contributed by atoms with Gasteiger partial charge in [-0.15, -0.1) is 0 Å². The molecule has 3 heteroatoms. The van der Waals surface area contributed by atoms with E-state index in [1.807, 2.05) is 19.1 Å². The summed E-state index contributed by atoms with van der Waals surface area (Å²) in [5.74, 6) is 1.56. The van der Waals surface area contributed by atoms with E-state index < -0.39 is 0 Å². The third kappa shape index (κ3) is 1.59. The molecule has 0 N–H and O–H groups in total. The van der Waals surface area contributed by atoms with E-state index in [0.29, 0.717) is 13.0 Å². The van der Waals surface area contributed by atoms with Crippen molar-refractivity contribution in [3.05, 3.63) is 23.7 Å². The van der Waals surface area contributed by atoms with Crippen LogP contribution in [0.3, 0.4) is 0 Å². The lowest BCUT2D eigenvalue weighted by atomic mass is 9.99. The normalized spacial score (nSPS) is 31.8. The van der Waals surface area contributed by atoms with Gasteiger partial charge in [0, 0.05) is 12.3 Å². The topological polar surface area (TPSA) is 35.5 Å². The first-order valence-corrected chi connectivity index (χ1v) is 4.45. The van der Waals surface area contributed by atoms with Crippen LogP contribution in [0.2, 0.25) is 0 Å². The van der Waals surface area contributed by atoms with Crippen LogP contribution < -0.4 is 0 Å². The van der Waals surface area contributed by atoms with Gasteiger partial charge in [-0.2, -0.15) is 0 Å². The Bertz CT molecular complexity index is 278. The minimum atomic E-state index is -0.0485. The predicted octanol–water partition coefficient (Wildman–Crippen LogP) is 1.41. The lowest BCUT2D eigenvalue weighted by molar-refractivity contribution is -0.110. The van der Waals surface area contributed by atoms with Gasteiger partial charge in [-0.25, -0.2) is 0 Å². The van der Waals surface area contributed by atoms with Gasteiger partial charge >= 0.3 is 0 Å². The fourth-order valence-electron chi connectivity index (χ4n) is 1.50. The first kappa shape index (κ1) is 8.35. The van der Waals surface area contributed by atoms with Crippen LogP contribution in [0, 0.1) is 5.92 Å². The van der Waals surface area contributed by atoms with Gasteiger partial charge in [0.15, 0.2) is 5.76 Å². The molecule has 0 fully saturated rings. The van der Waals surface area contributed by atoms with Crippen LogP contribution in [0.25, 0.3) is 0 Å². The number of ether oxygens (including phenoxy) is 2. The quantitative estimate of drug-likeness (QED) is 0.572. The summed E-state index contributed by atoms with van der Waals surface area (Å²) >= 11 is 0. The van der Waals surface area contributed by atoms with Gasteiger partial charge in [-0.05, 0) is 13.0 Å². The zero-order valence-electron chi connectivity index (χ0n) is 7.53. The summed E-state index contributed by atoms with van der Waals surface area (Å²) in [6.45, 7) is 2.55. The van der Waals surface area contributed by atoms with E-state index in [9.17, 15) is 4.79 Å². The maximum Gasteiger partial charge on any atom is 0.156 e. The zero-order chi connectivity index (χ0) is 9.26. The minimum absolute atomic E-state index is 0.0485. The summed E-state index contributed by atoms with van der Waals surface area (Å²) in [7, 11) is 0. The number of hydrogen-bond acceptors (Lipinski definition) is 3. The van der Waals surface area contributed by atoms with Crippen LogP contribution in [-0.2, 0) is 14.3 Å². The number of aldehydes is 1. The molecule has 0 saturated carbocycles. The smallest absolute Gasteiger partial charge is 0.156 e. The van der Waals surface area contributed by atoms with Gasteiger partial charge in [-0.3, -0.25) is 0 Å². The van der Waals surface area contributed by atoms with E-state index in [2.05, 4.69) is 0 Å². The highest BCUT2D eigenvalue weighted by Crippen LogP contribution is 2.28. The van der Waals surface area contributed by atoms with Gasteiger partial charge in [0.1, 0.15) is 24.8 Å². The first-order chi connectivity index (χ1) is 6.29. The van der Waals surface area contributed by atoms with Crippen LogP contribution in [0.1, 0.15) is 13.3 Å². The van der Waals surface area contributed by atoms with Crippen molar-refractivity contribution in [3.63, 3.8) is 0 Å². The van der Waals surface area contributed by atoms with E-state index in [-0.39, 0.29) is 12.0 Å². The molecular formula is C10H12O3. The summed E-state index contributed by atoms with van der Waals surface area (Å²) in [6.07, 6.45) is 5.34. The summed E-state index contributed by atoms with van der Waals surface area (Å²) in [6, 6.07) is 0. The molecule has 0 radical (unpaired) electrons. The molecule has 1 aliphatic carbocycles. The molecule has 2 unspecified atom stereocenters. The Hall–Kier alpha value is -1.25. The largest absolute Gasteiger partial charge is 0.488 e. The zero-order valence-corrected chi connectivity index (χ0v) is 7.53. The average molecular weight is 180 g/mol. The third-order valence-corrected chi connectivity index (χ3v) is 2.18. The molecule has 0 spiro atoms. The summed E-state index contributed by atoms with van der Waals surface area (Å²) in [5.41, 5.74) is 0. The van der Waals surface area contributed by atoms with Crippen molar-refractivity contribution in [1.82, 2.24) is 0 Å². The molecule has 0 aromatic rings. The van der Waals surface area contributed by atoms with Crippen LogP contribution in [0.15, 0.2) is 23.7 Å². The lowest BCUT2D eigenvalue weighted by Crippen LogP contribution is -2.24. The molecule has 0 aromatic carbocycles. The van der Waals surface area contributed by atoms with E-state index in [4.69, 9.17) is 9.47 Å². The monoisotopic (exact) mass is 180 g/mol. The SMILES string of the molecule is CC1COC2=C(CC(C=O)C=C2)O1. The van der Waals surface area contributed by atoms with Crippen molar-refractivity contribution in [1.29, 1.82) is 0 Å². The van der Waals surface area contributed by atoms with E-state index in [0.717, 1.165) is 17.8 Å². The van der Waals surface area contributed by atoms with Crippen LogP contribution in [0.4, 0.5) is 0 Å². The maximum atomic E-state index is 10.5. The summed E-state index contributed by atoms with van der Waals surface area (Å²) < 4.78 is 11.0. The summed E-state index contributed by atoms with van der Waals surface area (Å²) in [4.78, 5) is 10.5. The molecular weight excluding hydrogens is 168 g/mol. The second-order valence-corrected chi connectivity index (χ2v) is 3.39. The Morgan fingerprint density at radius 2 is 2.46 bits per heavy atom. The molecule has 70 valence electrons. The van der Waals surface area contributed by atoms with Gasteiger partial charge < -0.3 is 14.3 Å². The Kier molecular flexibility index (Phi) is 2.08. The number of allylic oxidation sites excluding steroid dienone is 3. The molecule has 2 aliphatic rings.